The lowest BCUT2D eigenvalue weighted by molar-refractivity contribution is 0.0662. The summed E-state index contributed by atoms with van der Waals surface area (Å²) in [6.45, 7) is 5.37. The molecule has 1 N–H and O–H groups in total. The Morgan fingerprint density at radius 2 is 2.07 bits per heavy atom. The van der Waals surface area contributed by atoms with Crippen molar-refractivity contribution in [1.29, 1.82) is 0 Å². The molecular weight excluding hydrogens is 382 g/mol. The van der Waals surface area contributed by atoms with Crippen molar-refractivity contribution in [3.63, 3.8) is 0 Å². The molecule has 2 fully saturated rings. The van der Waals surface area contributed by atoms with Crippen LogP contribution in [-0.4, -0.2) is 59.5 Å². The van der Waals surface area contributed by atoms with E-state index in [1.54, 1.807) is 22.7 Å². The zero-order chi connectivity index (χ0) is 20.1. The number of carbonyl (C=O) groups is 1. The number of amides is 1. The Kier molecular flexibility index (Phi) is 4.58. The summed E-state index contributed by atoms with van der Waals surface area (Å²) in [5, 5.41) is 8.29. The van der Waals surface area contributed by atoms with Crippen molar-refractivity contribution in [2.75, 3.05) is 19.3 Å². The summed E-state index contributed by atoms with van der Waals surface area (Å²) in [7, 11) is -3.20. The fourth-order valence-electron chi connectivity index (χ4n) is 4.09. The van der Waals surface area contributed by atoms with Gasteiger partial charge in [0.15, 0.2) is 5.69 Å². The fraction of sp³-hybridized carbons (Fsp3) is 0.611. The van der Waals surface area contributed by atoms with Crippen LogP contribution in [0.2, 0.25) is 0 Å². The molecule has 4 rings (SSSR count). The van der Waals surface area contributed by atoms with Crippen LogP contribution in [-0.2, 0) is 16.6 Å². The Hall–Kier alpha value is -2.20. The molecule has 1 saturated carbocycles. The van der Waals surface area contributed by atoms with Crippen LogP contribution in [0.25, 0.3) is 0 Å². The minimum atomic E-state index is -3.20. The van der Waals surface area contributed by atoms with Gasteiger partial charge in [-0.1, -0.05) is 5.16 Å². The Labute approximate surface area is 164 Å². The van der Waals surface area contributed by atoms with Crippen molar-refractivity contribution in [3.05, 3.63) is 35.0 Å². The van der Waals surface area contributed by atoms with E-state index in [-0.39, 0.29) is 17.4 Å². The van der Waals surface area contributed by atoms with Crippen LogP contribution >= 0.6 is 0 Å². The van der Waals surface area contributed by atoms with Gasteiger partial charge in [0.1, 0.15) is 5.76 Å². The van der Waals surface area contributed by atoms with Crippen LogP contribution in [0.4, 0.5) is 0 Å². The number of likely N-dealkylation sites (tertiary alicyclic amines) is 1. The standard InChI is InChI=1S/C18H25N5O4S/c1-12-9-19-23(10-12)11-14-13(2)27-20-16(14)17(24)22-6-4-18(5-7-22)8-15(18)21-28(3,25)26/h9-10,15,21H,4-8,11H2,1-3H3. The molecular formula is C18H25N5O4S. The van der Waals surface area contributed by atoms with Crippen LogP contribution in [0.5, 0.6) is 0 Å². The lowest BCUT2D eigenvalue weighted by Gasteiger charge is -2.32. The van der Waals surface area contributed by atoms with Crippen molar-refractivity contribution in [2.45, 2.75) is 45.7 Å². The van der Waals surface area contributed by atoms with Crippen LogP contribution in [0.3, 0.4) is 0 Å². The third-order valence-electron chi connectivity index (χ3n) is 5.86. The number of hydrogen-bond donors (Lipinski definition) is 1. The first-order valence-electron chi connectivity index (χ1n) is 9.38. The maximum Gasteiger partial charge on any atom is 0.276 e. The van der Waals surface area contributed by atoms with E-state index in [1.165, 1.54) is 6.26 Å². The van der Waals surface area contributed by atoms with E-state index in [2.05, 4.69) is 15.0 Å². The van der Waals surface area contributed by atoms with Gasteiger partial charge in [0.2, 0.25) is 10.0 Å². The van der Waals surface area contributed by atoms with Crippen molar-refractivity contribution < 1.29 is 17.7 Å². The summed E-state index contributed by atoms with van der Waals surface area (Å²) in [6, 6.07) is -0.00679. The predicted octanol–water partition coefficient (Wildman–Crippen LogP) is 1.08. The van der Waals surface area contributed by atoms with E-state index >= 15 is 0 Å². The quantitative estimate of drug-likeness (QED) is 0.794. The topological polar surface area (TPSA) is 110 Å². The van der Waals surface area contributed by atoms with Crippen molar-refractivity contribution in [2.24, 2.45) is 5.41 Å². The molecule has 1 spiro atoms. The van der Waals surface area contributed by atoms with Gasteiger partial charge >= 0.3 is 0 Å². The van der Waals surface area contributed by atoms with Gasteiger partial charge in [-0.25, -0.2) is 13.1 Å². The van der Waals surface area contributed by atoms with Crippen LogP contribution in [0, 0.1) is 19.3 Å². The molecule has 1 amide bonds. The minimum absolute atomic E-state index is 0.00494. The zero-order valence-electron chi connectivity index (χ0n) is 16.3. The third kappa shape index (κ3) is 3.70. The molecule has 0 aromatic carbocycles. The number of sulfonamides is 1. The second-order valence-corrected chi connectivity index (χ2v) is 9.86. The summed E-state index contributed by atoms with van der Waals surface area (Å²) >= 11 is 0. The summed E-state index contributed by atoms with van der Waals surface area (Å²) in [6.07, 6.45) is 7.29. The lowest BCUT2D eigenvalue weighted by Crippen LogP contribution is -2.42. The first-order chi connectivity index (χ1) is 13.2. The van der Waals surface area contributed by atoms with Crippen LogP contribution < -0.4 is 4.72 Å². The van der Waals surface area contributed by atoms with Gasteiger partial charge in [-0.3, -0.25) is 9.48 Å². The molecule has 1 saturated heterocycles. The number of rotatable bonds is 5. The number of aryl methyl sites for hydroxylation is 2. The molecule has 28 heavy (non-hydrogen) atoms. The van der Waals surface area contributed by atoms with Gasteiger partial charge in [0, 0.05) is 30.9 Å². The van der Waals surface area contributed by atoms with Gasteiger partial charge in [0.05, 0.1) is 19.0 Å². The van der Waals surface area contributed by atoms with Gasteiger partial charge < -0.3 is 9.42 Å². The van der Waals surface area contributed by atoms with Gasteiger partial charge in [-0.15, -0.1) is 0 Å². The highest BCUT2D eigenvalue weighted by molar-refractivity contribution is 7.88. The highest BCUT2D eigenvalue weighted by Gasteiger charge is 2.56. The Morgan fingerprint density at radius 3 is 2.68 bits per heavy atom. The summed E-state index contributed by atoms with van der Waals surface area (Å²) in [4.78, 5) is 14.8. The van der Waals surface area contributed by atoms with Crippen molar-refractivity contribution in [1.82, 2.24) is 24.6 Å². The van der Waals surface area contributed by atoms with E-state index in [4.69, 9.17) is 4.52 Å². The molecule has 10 heteroatoms. The third-order valence-corrected chi connectivity index (χ3v) is 6.57. The molecule has 9 nitrogen and oxygen atoms in total. The number of nitrogens with one attached hydrogen (secondary N) is 1. The molecule has 2 aromatic rings. The Bertz CT molecular complexity index is 1000. The number of carbonyl (C=O) groups excluding carboxylic acids is 1. The van der Waals surface area contributed by atoms with Crippen LogP contribution in [0.15, 0.2) is 16.9 Å². The second kappa shape index (κ2) is 6.70. The molecule has 1 aliphatic heterocycles. The second-order valence-electron chi connectivity index (χ2n) is 8.08. The maximum absolute atomic E-state index is 13.0. The monoisotopic (exact) mass is 407 g/mol. The molecule has 1 atom stereocenters. The summed E-state index contributed by atoms with van der Waals surface area (Å²) < 4.78 is 32.7. The Balaban J connectivity index is 1.43. The fourth-order valence-corrected chi connectivity index (χ4v) is 4.94. The number of nitrogens with zero attached hydrogens (tertiary/aromatic N) is 4. The first kappa shape index (κ1) is 19.1. The predicted molar refractivity (Wildman–Crippen MR) is 101 cm³/mol. The average molecular weight is 407 g/mol. The lowest BCUT2D eigenvalue weighted by atomic mass is 9.92. The first-order valence-corrected chi connectivity index (χ1v) is 11.3. The molecule has 0 radical (unpaired) electrons. The van der Waals surface area contributed by atoms with Gasteiger partial charge in [0.25, 0.3) is 5.91 Å². The van der Waals surface area contributed by atoms with Crippen molar-refractivity contribution in [3.8, 4) is 0 Å². The molecule has 1 aliphatic carbocycles. The van der Waals surface area contributed by atoms with E-state index in [9.17, 15) is 13.2 Å². The molecule has 2 aromatic heterocycles. The largest absolute Gasteiger partial charge is 0.361 e. The van der Waals surface area contributed by atoms with E-state index in [0.717, 1.165) is 30.4 Å². The molecule has 3 heterocycles. The molecule has 2 aliphatic rings. The van der Waals surface area contributed by atoms with E-state index < -0.39 is 10.0 Å². The smallest absolute Gasteiger partial charge is 0.276 e. The van der Waals surface area contributed by atoms with Gasteiger partial charge in [-0.2, -0.15) is 5.10 Å². The summed E-state index contributed by atoms with van der Waals surface area (Å²) in [5.41, 5.74) is 2.12. The average Bonchev–Trinajstić information content (AvgIpc) is 2.92. The number of hydrogen-bond acceptors (Lipinski definition) is 6. The zero-order valence-corrected chi connectivity index (χ0v) is 17.1. The highest BCUT2D eigenvalue weighted by atomic mass is 32.2. The molecule has 1 unspecified atom stereocenters. The van der Waals surface area contributed by atoms with Crippen molar-refractivity contribution >= 4 is 15.9 Å². The number of piperidine rings is 1. The SMILES string of the molecule is Cc1cnn(Cc2c(C(=O)N3CCC4(CC3)CC4NS(C)(=O)=O)noc2C)c1. The van der Waals surface area contributed by atoms with Crippen LogP contribution in [0.1, 0.15) is 46.6 Å². The molecule has 152 valence electrons. The highest BCUT2D eigenvalue weighted by Crippen LogP contribution is 2.54. The van der Waals surface area contributed by atoms with E-state index in [1.807, 2.05) is 13.1 Å². The summed E-state index contributed by atoms with van der Waals surface area (Å²) in [5.74, 6) is 0.475. The minimum Gasteiger partial charge on any atom is -0.361 e. The number of aromatic nitrogens is 3. The maximum atomic E-state index is 13.0. The van der Waals surface area contributed by atoms with E-state index in [0.29, 0.717) is 31.1 Å². The normalized spacial score (nSPS) is 21.2. The molecule has 0 bridgehead atoms. The Morgan fingerprint density at radius 1 is 1.36 bits per heavy atom. The van der Waals surface area contributed by atoms with Gasteiger partial charge in [-0.05, 0) is 44.1 Å².